The molecule has 0 aliphatic heterocycles. The van der Waals surface area contributed by atoms with Gasteiger partial charge in [0, 0.05) is 50.8 Å². The highest BCUT2D eigenvalue weighted by Gasteiger charge is 2.13. The van der Waals surface area contributed by atoms with Gasteiger partial charge in [0.25, 0.3) is 5.56 Å². The van der Waals surface area contributed by atoms with E-state index >= 15 is 0 Å². The first-order valence-electron chi connectivity index (χ1n) is 8.60. The highest BCUT2D eigenvalue weighted by Crippen LogP contribution is 2.19. The Bertz CT molecular complexity index is 981. The van der Waals surface area contributed by atoms with E-state index in [0.717, 1.165) is 27.7 Å². The van der Waals surface area contributed by atoms with Crippen molar-refractivity contribution in [2.45, 2.75) is 29.6 Å². The van der Waals surface area contributed by atoms with E-state index in [1.165, 1.54) is 10.7 Å². The van der Waals surface area contributed by atoms with E-state index in [1.54, 1.807) is 41.6 Å². The number of thiazole rings is 1. The van der Waals surface area contributed by atoms with Crippen molar-refractivity contribution in [1.29, 1.82) is 0 Å². The largest absolute Gasteiger partial charge is 0.353 e. The minimum atomic E-state index is -0.146. The molecule has 28 heavy (non-hydrogen) atoms. The summed E-state index contributed by atoms with van der Waals surface area (Å²) in [6.07, 6.45) is 7.29. The molecule has 7 nitrogen and oxygen atoms in total. The second-order valence-corrected chi connectivity index (χ2v) is 11.7. The lowest BCUT2D eigenvalue weighted by Gasteiger charge is -2.16. The molecule has 10 heteroatoms. The molecule has 0 atom stereocenters. The van der Waals surface area contributed by atoms with Crippen LogP contribution in [0.5, 0.6) is 0 Å². The highest BCUT2D eigenvalue weighted by atomic mass is 127. The van der Waals surface area contributed by atoms with E-state index < -0.39 is 0 Å². The summed E-state index contributed by atoms with van der Waals surface area (Å²) in [5.41, 5.74) is 1.28. The van der Waals surface area contributed by atoms with Gasteiger partial charge < -0.3 is 5.32 Å². The first kappa shape index (κ1) is 21.2. The van der Waals surface area contributed by atoms with Crippen LogP contribution in [-0.2, 0) is 12.3 Å². The van der Waals surface area contributed by atoms with Gasteiger partial charge in [0.05, 0.1) is 12.2 Å². The number of thioether (sulfide) groups is 1. The maximum atomic E-state index is 12.2. The number of hydrogen-bond acceptors (Lipinski definition) is 8. The smallest absolute Gasteiger partial charge is 0.267 e. The lowest BCUT2D eigenvalue weighted by Crippen LogP contribution is -2.23. The Kier molecular flexibility index (Phi) is 7.05. The maximum absolute atomic E-state index is 12.2. The van der Waals surface area contributed by atoms with Crippen LogP contribution in [0, 0.1) is 0 Å². The van der Waals surface area contributed by atoms with E-state index in [0.29, 0.717) is 18.2 Å². The van der Waals surface area contributed by atoms with Crippen molar-refractivity contribution < 1.29 is 0 Å². The Balaban J connectivity index is 1.75. The molecule has 0 bridgehead atoms. The average Bonchev–Trinajstić information content (AvgIpc) is 3.09. The zero-order valence-electron chi connectivity index (χ0n) is 15.8. The van der Waals surface area contributed by atoms with Crippen molar-refractivity contribution in [3.05, 3.63) is 51.0 Å². The molecule has 0 aliphatic rings. The predicted octanol–water partition coefficient (Wildman–Crippen LogP) is 3.69. The van der Waals surface area contributed by atoms with E-state index in [1.807, 2.05) is 12.5 Å². The van der Waals surface area contributed by atoms with Crippen molar-refractivity contribution in [1.82, 2.24) is 24.7 Å². The monoisotopic (exact) mass is 528 g/mol. The van der Waals surface area contributed by atoms with Crippen molar-refractivity contribution >= 4 is 51.6 Å². The Morgan fingerprint density at radius 2 is 1.96 bits per heavy atom. The summed E-state index contributed by atoms with van der Waals surface area (Å²) in [6.45, 7) is 5.44. The topological polar surface area (TPSA) is 85.6 Å². The molecule has 0 unspecified atom stereocenters. The van der Waals surface area contributed by atoms with Gasteiger partial charge in [-0.1, -0.05) is 22.6 Å². The number of nitrogens with zero attached hydrogens (tertiary/aromatic N) is 5. The molecule has 0 aromatic carbocycles. The number of halogens is 1. The van der Waals surface area contributed by atoms with Gasteiger partial charge in [0.2, 0.25) is 5.95 Å². The molecule has 148 valence electrons. The third kappa shape index (κ3) is 5.98. The minimum absolute atomic E-state index is 0.114. The second-order valence-electron chi connectivity index (χ2n) is 6.74. The van der Waals surface area contributed by atoms with Gasteiger partial charge in [-0.05, 0) is 26.2 Å². The minimum Gasteiger partial charge on any atom is -0.353 e. The van der Waals surface area contributed by atoms with Gasteiger partial charge in [-0.3, -0.25) is 4.79 Å². The summed E-state index contributed by atoms with van der Waals surface area (Å²) < 4.78 is 1.57. The fourth-order valence-corrected chi connectivity index (χ4v) is 4.12. The fourth-order valence-electron chi connectivity index (χ4n) is 2.32. The van der Waals surface area contributed by atoms with Crippen LogP contribution in [0.1, 0.15) is 23.7 Å². The van der Waals surface area contributed by atoms with Crippen LogP contribution in [0.3, 0.4) is 0 Å². The Morgan fingerprint density at radius 3 is 2.64 bits per heavy atom. The molecule has 0 amide bonds. The van der Waals surface area contributed by atoms with Crippen LogP contribution in [0.4, 0.5) is 5.95 Å². The van der Waals surface area contributed by atoms with Crippen molar-refractivity contribution in [3.8, 4) is 11.3 Å². The van der Waals surface area contributed by atoms with Gasteiger partial charge >= 0.3 is 0 Å². The summed E-state index contributed by atoms with van der Waals surface area (Å²) >= 11 is 5.71. The fraction of sp³-hybridized carbons (Fsp3) is 0.389. The van der Waals surface area contributed by atoms with Gasteiger partial charge in [-0.2, -0.15) is 16.9 Å². The third-order valence-corrected chi connectivity index (χ3v) is 5.76. The van der Waals surface area contributed by atoms with Crippen LogP contribution in [0.15, 0.2) is 35.5 Å². The molecular weight excluding hydrogens is 507 g/mol. The Morgan fingerprint density at radius 1 is 1.21 bits per heavy atom. The zero-order chi connectivity index (χ0) is 20.1. The van der Waals surface area contributed by atoms with Crippen LogP contribution in [-0.4, -0.2) is 41.0 Å². The molecule has 0 aliphatic carbocycles. The molecule has 3 heterocycles. The molecular formula is C18H21IN6OS2. The third-order valence-electron chi connectivity index (χ3n) is 3.66. The summed E-state index contributed by atoms with van der Waals surface area (Å²) in [7, 11) is 0. The van der Waals surface area contributed by atoms with Crippen LogP contribution in [0.2, 0.25) is 0 Å². The summed E-state index contributed by atoms with van der Waals surface area (Å²) in [4.78, 5) is 26.3. The zero-order valence-corrected chi connectivity index (χ0v) is 19.6. The maximum Gasteiger partial charge on any atom is 0.267 e. The van der Waals surface area contributed by atoms with Crippen molar-refractivity contribution in [2.75, 3.05) is 18.1 Å². The van der Waals surface area contributed by atoms with Gasteiger partial charge in [-0.15, -0.1) is 11.3 Å². The number of anilines is 1. The highest BCUT2D eigenvalue weighted by molar-refractivity contribution is 14.1. The number of aromatic nitrogens is 5. The molecule has 3 rings (SSSR count). The lowest BCUT2D eigenvalue weighted by atomic mass is 10.2. The average molecular weight is 528 g/mol. The molecule has 0 spiro atoms. The van der Waals surface area contributed by atoms with Crippen molar-refractivity contribution in [3.63, 3.8) is 0 Å². The number of rotatable bonds is 8. The predicted molar refractivity (Wildman–Crippen MR) is 125 cm³/mol. The van der Waals surface area contributed by atoms with Crippen LogP contribution >= 0.6 is 45.7 Å². The van der Waals surface area contributed by atoms with E-state index in [-0.39, 0.29) is 8.98 Å². The van der Waals surface area contributed by atoms with Crippen LogP contribution < -0.4 is 10.9 Å². The van der Waals surface area contributed by atoms with E-state index in [2.05, 4.69) is 61.8 Å². The first-order chi connectivity index (χ1) is 13.3. The Hall–Kier alpha value is -1.53. The van der Waals surface area contributed by atoms with Gasteiger partial charge in [0.1, 0.15) is 5.01 Å². The lowest BCUT2D eigenvalue weighted by molar-refractivity contribution is 0.648. The van der Waals surface area contributed by atoms with Crippen molar-refractivity contribution in [2.24, 2.45) is 0 Å². The quantitative estimate of drug-likeness (QED) is 0.353. The first-order valence-corrected chi connectivity index (χ1v) is 11.9. The van der Waals surface area contributed by atoms with Crippen LogP contribution in [0.25, 0.3) is 11.3 Å². The van der Waals surface area contributed by atoms with Gasteiger partial charge in [0.15, 0.2) is 0 Å². The molecule has 0 radical (unpaired) electrons. The molecule has 0 saturated carbocycles. The standard InChI is InChI=1S/C18H21IN6OS2/c1-18(2,19)11-23-17-21-6-12(7-22-17)14-4-5-16(26)25(24-14)9-13-8-20-15(28-13)10-27-3/h4-8H,9-11H2,1-3H3,(H,21,22,23). The number of nitrogens with one attached hydrogen (secondary N) is 1. The molecule has 0 fully saturated rings. The summed E-state index contributed by atoms with van der Waals surface area (Å²) in [6, 6.07) is 3.22. The van der Waals surface area contributed by atoms with E-state index in [4.69, 9.17) is 0 Å². The normalized spacial score (nSPS) is 11.6. The number of hydrogen-bond donors (Lipinski definition) is 1. The molecule has 1 N–H and O–H groups in total. The molecule has 3 aromatic rings. The number of alkyl halides is 1. The van der Waals surface area contributed by atoms with Gasteiger partial charge in [-0.25, -0.2) is 19.6 Å². The summed E-state index contributed by atoms with van der Waals surface area (Å²) in [5, 5.41) is 8.75. The molecule has 0 saturated heterocycles. The summed E-state index contributed by atoms with van der Waals surface area (Å²) in [5.74, 6) is 1.45. The van der Waals surface area contributed by atoms with E-state index in [9.17, 15) is 4.79 Å². The Labute approximate surface area is 185 Å². The molecule has 3 aromatic heterocycles. The second kappa shape index (κ2) is 9.31. The SMILES string of the molecule is CSCc1ncc(Cn2nc(-c3cnc(NCC(C)(C)I)nc3)ccc2=O)s1.